The van der Waals surface area contributed by atoms with Crippen molar-refractivity contribution in [3.8, 4) is 11.8 Å². The van der Waals surface area contributed by atoms with Crippen molar-refractivity contribution in [2.45, 2.75) is 13.0 Å². The highest BCUT2D eigenvalue weighted by atomic mass is 79.9. The lowest BCUT2D eigenvalue weighted by atomic mass is 10.0. The molecule has 0 aliphatic heterocycles. The number of benzene rings is 1. The van der Waals surface area contributed by atoms with Gasteiger partial charge >= 0.3 is 0 Å². The summed E-state index contributed by atoms with van der Waals surface area (Å²) in [6, 6.07) is 6.08. The lowest BCUT2D eigenvalue weighted by Crippen LogP contribution is -2.20. The third-order valence-electron chi connectivity index (χ3n) is 3.24. The standard InChI is InChI=1S/C15H18BrN3O2/c1-9-5-6-10(7-11(9)16)13(17-2)14-15(21-4)19-12(20-3)8-18-14/h5-8,13,17H,1-4H3. The fourth-order valence-corrected chi connectivity index (χ4v) is 2.46. The van der Waals surface area contributed by atoms with Gasteiger partial charge in [-0.15, -0.1) is 0 Å². The molecular weight excluding hydrogens is 334 g/mol. The highest BCUT2D eigenvalue weighted by molar-refractivity contribution is 9.10. The zero-order valence-electron chi connectivity index (χ0n) is 12.5. The van der Waals surface area contributed by atoms with Gasteiger partial charge in [-0.3, -0.25) is 0 Å². The zero-order chi connectivity index (χ0) is 15.4. The Labute approximate surface area is 132 Å². The average Bonchev–Trinajstić information content (AvgIpc) is 2.51. The second kappa shape index (κ2) is 6.87. The molecule has 1 N–H and O–H groups in total. The van der Waals surface area contributed by atoms with Gasteiger partial charge in [0.05, 0.1) is 26.5 Å². The lowest BCUT2D eigenvalue weighted by molar-refractivity contribution is 0.353. The van der Waals surface area contributed by atoms with E-state index in [1.807, 2.05) is 7.05 Å². The van der Waals surface area contributed by atoms with Crippen molar-refractivity contribution >= 4 is 15.9 Å². The molecule has 112 valence electrons. The minimum atomic E-state index is -0.116. The first-order chi connectivity index (χ1) is 10.1. The monoisotopic (exact) mass is 351 g/mol. The van der Waals surface area contributed by atoms with Crippen LogP contribution in [0.4, 0.5) is 0 Å². The van der Waals surface area contributed by atoms with Gasteiger partial charge in [0, 0.05) is 4.47 Å². The van der Waals surface area contributed by atoms with Crippen LogP contribution in [-0.2, 0) is 0 Å². The van der Waals surface area contributed by atoms with E-state index < -0.39 is 0 Å². The molecule has 1 atom stereocenters. The van der Waals surface area contributed by atoms with Crippen LogP contribution in [0.2, 0.25) is 0 Å². The summed E-state index contributed by atoms with van der Waals surface area (Å²) in [6.07, 6.45) is 1.59. The number of hydrogen-bond acceptors (Lipinski definition) is 5. The predicted molar refractivity (Wildman–Crippen MR) is 84.9 cm³/mol. The lowest BCUT2D eigenvalue weighted by Gasteiger charge is -2.19. The fourth-order valence-electron chi connectivity index (χ4n) is 2.06. The molecule has 2 rings (SSSR count). The summed E-state index contributed by atoms with van der Waals surface area (Å²) < 4.78 is 11.5. The Morgan fingerprint density at radius 1 is 1.24 bits per heavy atom. The van der Waals surface area contributed by atoms with Crippen LogP contribution in [-0.4, -0.2) is 31.2 Å². The van der Waals surface area contributed by atoms with Crippen LogP contribution in [0, 0.1) is 6.92 Å². The van der Waals surface area contributed by atoms with Crippen molar-refractivity contribution < 1.29 is 9.47 Å². The van der Waals surface area contributed by atoms with Crippen molar-refractivity contribution in [1.29, 1.82) is 0 Å². The van der Waals surface area contributed by atoms with Crippen molar-refractivity contribution in [1.82, 2.24) is 15.3 Å². The van der Waals surface area contributed by atoms with E-state index in [2.05, 4.69) is 56.3 Å². The number of nitrogens with one attached hydrogen (secondary N) is 1. The minimum absolute atomic E-state index is 0.116. The Morgan fingerprint density at radius 3 is 2.57 bits per heavy atom. The normalized spacial score (nSPS) is 12.0. The van der Waals surface area contributed by atoms with Crippen LogP contribution in [0.1, 0.15) is 22.9 Å². The number of aromatic nitrogens is 2. The molecule has 0 bridgehead atoms. The SMILES string of the molecule is CNC(c1ccc(C)c(Br)c1)c1ncc(OC)nc1OC. The van der Waals surface area contributed by atoms with Crippen LogP contribution in [0.3, 0.4) is 0 Å². The number of halogens is 1. The van der Waals surface area contributed by atoms with Gasteiger partial charge in [-0.2, -0.15) is 4.98 Å². The average molecular weight is 352 g/mol. The number of ether oxygens (including phenoxy) is 2. The summed E-state index contributed by atoms with van der Waals surface area (Å²) in [5.41, 5.74) is 2.98. The third kappa shape index (κ3) is 3.33. The molecule has 21 heavy (non-hydrogen) atoms. The summed E-state index contributed by atoms with van der Waals surface area (Å²) in [6.45, 7) is 2.05. The molecule has 0 saturated heterocycles. The molecule has 6 heteroatoms. The van der Waals surface area contributed by atoms with Crippen molar-refractivity contribution in [2.24, 2.45) is 0 Å². The molecule has 2 aromatic rings. The van der Waals surface area contributed by atoms with E-state index in [1.54, 1.807) is 20.4 Å². The Balaban J connectivity index is 2.47. The number of nitrogens with zero attached hydrogens (tertiary/aromatic N) is 2. The Hall–Kier alpha value is -1.66. The minimum Gasteiger partial charge on any atom is -0.480 e. The number of aryl methyl sites for hydroxylation is 1. The van der Waals surface area contributed by atoms with Crippen LogP contribution in [0.15, 0.2) is 28.9 Å². The van der Waals surface area contributed by atoms with Gasteiger partial charge in [-0.1, -0.05) is 28.1 Å². The maximum absolute atomic E-state index is 5.34. The molecule has 0 amide bonds. The second-order valence-electron chi connectivity index (χ2n) is 4.54. The van der Waals surface area contributed by atoms with E-state index >= 15 is 0 Å². The molecule has 1 aromatic carbocycles. The summed E-state index contributed by atoms with van der Waals surface area (Å²) >= 11 is 3.56. The van der Waals surface area contributed by atoms with E-state index in [9.17, 15) is 0 Å². The summed E-state index contributed by atoms with van der Waals surface area (Å²) in [5, 5.41) is 3.25. The van der Waals surface area contributed by atoms with Gasteiger partial charge in [0.15, 0.2) is 0 Å². The highest BCUT2D eigenvalue weighted by Gasteiger charge is 2.20. The Morgan fingerprint density at radius 2 is 2.00 bits per heavy atom. The van der Waals surface area contributed by atoms with Gasteiger partial charge in [-0.25, -0.2) is 4.98 Å². The highest BCUT2D eigenvalue weighted by Crippen LogP contribution is 2.30. The van der Waals surface area contributed by atoms with Crippen molar-refractivity contribution in [3.63, 3.8) is 0 Å². The van der Waals surface area contributed by atoms with Gasteiger partial charge in [0.1, 0.15) is 5.69 Å². The second-order valence-corrected chi connectivity index (χ2v) is 5.39. The Bertz CT molecular complexity index is 634. The van der Waals surface area contributed by atoms with E-state index in [4.69, 9.17) is 9.47 Å². The van der Waals surface area contributed by atoms with Gasteiger partial charge in [-0.05, 0) is 31.2 Å². The molecule has 0 aliphatic rings. The smallest absolute Gasteiger partial charge is 0.240 e. The zero-order valence-corrected chi connectivity index (χ0v) is 14.1. The maximum atomic E-state index is 5.34. The first-order valence-corrected chi connectivity index (χ1v) is 7.28. The molecule has 0 spiro atoms. The van der Waals surface area contributed by atoms with E-state index in [1.165, 1.54) is 5.56 Å². The predicted octanol–water partition coefficient (Wildman–Crippen LogP) is 2.87. The molecule has 0 fully saturated rings. The van der Waals surface area contributed by atoms with Gasteiger partial charge in [0.25, 0.3) is 0 Å². The van der Waals surface area contributed by atoms with Gasteiger partial charge in [0.2, 0.25) is 11.8 Å². The van der Waals surface area contributed by atoms with Crippen LogP contribution < -0.4 is 14.8 Å². The topological polar surface area (TPSA) is 56.3 Å². The van der Waals surface area contributed by atoms with E-state index in [0.29, 0.717) is 11.8 Å². The summed E-state index contributed by atoms with van der Waals surface area (Å²) in [7, 11) is 5.00. The van der Waals surface area contributed by atoms with Crippen LogP contribution in [0.5, 0.6) is 11.8 Å². The van der Waals surface area contributed by atoms with Crippen molar-refractivity contribution in [3.05, 3.63) is 45.7 Å². The quantitative estimate of drug-likeness (QED) is 0.897. The number of methoxy groups -OCH3 is 2. The molecule has 5 nitrogen and oxygen atoms in total. The van der Waals surface area contributed by atoms with Crippen LogP contribution in [0.25, 0.3) is 0 Å². The largest absolute Gasteiger partial charge is 0.480 e. The molecule has 1 heterocycles. The molecule has 1 aromatic heterocycles. The fraction of sp³-hybridized carbons (Fsp3) is 0.333. The van der Waals surface area contributed by atoms with Crippen molar-refractivity contribution in [2.75, 3.05) is 21.3 Å². The molecule has 0 saturated carbocycles. The molecule has 1 unspecified atom stereocenters. The first-order valence-electron chi connectivity index (χ1n) is 6.49. The summed E-state index contributed by atoms with van der Waals surface area (Å²) in [4.78, 5) is 8.72. The Kier molecular flexibility index (Phi) is 5.14. The molecule has 0 aliphatic carbocycles. The first kappa shape index (κ1) is 15.7. The van der Waals surface area contributed by atoms with E-state index in [0.717, 1.165) is 15.7 Å². The molecular formula is C15H18BrN3O2. The third-order valence-corrected chi connectivity index (χ3v) is 4.09. The van der Waals surface area contributed by atoms with Gasteiger partial charge < -0.3 is 14.8 Å². The maximum Gasteiger partial charge on any atom is 0.240 e. The number of hydrogen-bond donors (Lipinski definition) is 1. The molecule has 0 radical (unpaired) electrons. The summed E-state index contributed by atoms with van der Waals surface area (Å²) in [5.74, 6) is 0.876. The number of rotatable bonds is 5. The van der Waals surface area contributed by atoms with E-state index in [-0.39, 0.29) is 6.04 Å². The van der Waals surface area contributed by atoms with Crippen LogP contribution >= 0.6 is 15.9 Å².